The zero-order chi connectivity index (χ0) is 6.57. The molecule has 0 aromatic heterocycles. The van der Waals surface area contributed by atoms with E-state index in [1.54, 1.807) is 0 Å². The Morgan fingerprint density at radius 3 is 2.25 bits per heavy atom. The van der Waals surface area contributed by atoms with Crippen molar-refractivity contribution >= 4 is 0 Å². The molecule has 0 aliphatic heterocycles. The molecule has 0 saturated carbocycles. The standard InChI is InChI=1S/C7H11N/c1-6(2)4-7(3)5-8/h4,6H,1-3H3/b7-4+. The highest BCUT2D eigenvalue weighted by Crippen LogP contribution is 1.98. The Morgan fingerprint density at radius 2 is 2.12 bits per heavy atom. The maximum Gasteiger partial charge on any atom is 0.0940 e. The molecule has 0 unspecified atom stereocenters. The first-order chi connectivity index (χ1) is 3.66. The van der Waals surface area contributed by atoms with E-state index in [9.17, 15) is 0 Å². The number of hydrogen-bond acceptors (Lipinski definition) is 1. The van der Waals surface area contributed by atoms with Gasteiger partial charge in [0.2, 0.25) is 0 Å². The third-order valence-electron chi connectivity index (χ3n) is 0.760. The van der Waals surface area contributed by atoms with E-state index in [0.29, 0.717) is 5.92 Å². The van der Waals surface area contributed by atoms with E-state index >= 15 is 0 Å². The van der Waals surface area contributed by atoms with Gasteiger partial charge in [0, 0.05) is 5.57 Å². The summed E-state index contributed by atoms with van der Waals surface area (Å²) >= 11 is 0. The van der Waals surface area contributed by atoms with Crippen molar-refractivity contribution in [1.29, 1.82) is 5.26 Å². The summed E-state index contributed by atoms with van der Waals surface area (Å²) < 4.78 is 0. The lowest BCUT2D eigenvalue weighted by atomic mass is 10.1. The first-order valence-electron chi connectivity index (χ1n) is 2.75. The van der Waals surface area contributed by atoms with Gasteiger partial charge in [0.15, 0.2) is 0 Å². The van der Waals surface area contributed by atoms with Crippen LogP contribution in [-0.2, 0) is 0 Å². The van der Waals surface area contributed by atoms with E-state index < -0.39 is 0 Å². The zero-order valence-corrected chi connectivity index (χ0v) is 5.60. The fourth-order valence-corrected chi connectivity index (χ4v) is 0.537. The van der Waals surface area contributed by atoms with Gasteiger partial charge in [-0.1, -0.05) is 19.9 Å². The molecule has 0 N–H and O–H groups in total. The van der Waals surface area contributed by atoms with Gasteiger partial charge < -0.3 is 0 Å². The van der Waals surface area contributed by atoms with E-state index in [1.165, 1.54) is 0 Å². The Morgan fingerprint density at radius 1 is 1.62 bits per heavy atom. The summed E-state index contributed by atoms with van der Waals surface area (Å²) in [4.78, 5) is 0. The minimum Gasteiger partial charge on any atom is -0.193 e. The lowest BCUT2D eigenvalue weighted by Gasteiger charge is -1.91. The summed E-state index contributed by atoms with van der Waals surface area (Å²) in [7, 11) is 0. The molecule has 0 aliphatic rings. The lowest BCUT2D eigenvalue weighted by molar-refractivity contribution is 0.825. The molecular formula is C7H11N. The maximum atomic E-state index is 8.27. The zero-order valence-electron chi connectivity index (χ0n) is 5.60. The van der Waals surface area contributed by atoms with Crippen LogP contribution < -0.4 is 0 Å². The molecule has 0 heterocycles. The van der Waals surface area contributed by atoms with Gasteiger partial charge in [-0.25, -0.2) is 0 Å². The SMILES string of the molecule is C/C(C#N)=C\C(C)C. The molecule has 0 aromatic rings. The second-order valence-electron chi connectivity index (χ2n) is 2.21. The Bertz CT molecular complexity index is 126. The molecular weight excluding hydrogens is 98.1 g/mol. The number of allylic oxidation sites excluding steroid dienone is 2. The Balaban J connectivity index is 3.80. The molecule has 0 aliphatic carbocycles. The van der Waals surface area contributed by atoms with E-state index in [1.807, 2.05) is 13.0 Å². The Hall–Kier alpha value is -0.770. The van der Waals surface area contributed by atoms with E-state index in [4.69, 9.17) is 5.26 Å². The van der Waals surface area contributed by atoms with E-state index in [0.717, 1.165) is 5.57 Å². The maximum absolute atomic E-state index is 8.27. The molecule has 0 rings (SSSR count). The molecule has 0 atom stereocenters. The molecule has 0 bridgehead atoms. The number of nitriles is 1. The molecule has 1 nitrogen and oxygen atoms in total. The summed E-state index contributed by atoms with van der Waals surface area (Å²) in [6.07, 6.45) is 1.94. The summed E-state index contributed by atoms with van der Waals surface area (Å²) in [6.45, 7) is 5.93. The van der Waals surface area contributed by atoms with Gasteiger partial charge in [0.05, 0.1) is 6.07 Å². The fraction of sp³-hybridized carbons (Fsp3) is 0.571. The van der Waals surface area contributed by atoms with Gasteiger partial charge in [-0.15, -0.1) is 0 Å². The van der Waals surface area contributed by atoms with Crippen molar-refractivity contribution in [2.24, 2.45) is 5.92 Å². The van der Waals surface area contributed by atoms with Crippen LogP contribution in [0, 0.1) is 17.2 Å². The van der Waals surface area contributed by atoms with Crippen LogP contribution in [0.4, 0.5) is 0 Å². The van der Waals surface area contributed by atoms with Crippen molar-refractivity contribution in [3.63, 3.8) is 0 Å². The van der Waals surface area contributed by atoms with Gasteiger partial charge >= 0.3 is 0 Å². The number of rotatable bonds is 1. The molecule has 0 fully saturated rings. The Kier molecular flexibility index (Phi) is 2.95. The van der Waals surface area contributed by atoms with Crippen molar-refractivity contribution in [1.82, 2.24) is 0 Å². The number of hydrogen-bond donors (Lipinski definition) is 0. The van der Waals surface area contributed by atoms with Crippen LogP contribution in [0.1, 0.15) is 20.8 Å². The predicted molar refractivity (Wildman–Crippen MR) is 34.2 cm³/mol. The summed E-state index contributed by atoms with van der Waals surface area (Å²) in [5.74, 6) is 0.495. The molecule has 1 heteroatoms. The minimum absolute atomic E-state index is 0.495. The highest BCUT2D eigenvalue weighted by molar-refractivity contribution is 5.17. The smallest absolute Gasteiger partial charge is 0.0940 e. The fourth-order valence-electron chi connectivity index (χ4n) is 0.537. The summed E-state index contributed by atoms with van der Waals surface area (Å²) in [6, 6.07) is 2.06. The van der Waals surface area contributed by atoms with Gasteiger partial charge in [-0.05, 0) is 12.8 Å². The molecule has 0 saturated heterocycles. The van der Waals surface area contributed by atoms with Crippen LogP contribution in [0.15, 0.2) is 11.6 Å². The monoisotopic (exact) mass is 109 g/mol. The molecule has 0 amide bonds. The van der Waals surface area contributed by atoms with Crippen LogP contribution in [0.25, 0.3) is 0 Å². The van der Waals surface area contributed by atoms with Crippen molar-refractivity contribution in [3.8, 4) is 6.07 Å². The van der Waals surface area contributed by atoms with Crippen molar-refractivity contribution in [2.45, 2.75) is 20.8 Å². The third kappa shape index (κ3) is 3.42. The molecule has 44 valence electrons. The average molecular weight is 109 g/mol. The molecule has 8 heavy (non-hydrogen) atoms. The minimum atomic E-state index is 0.495. The van der Waals surface area contributed by atoms with Crippen molar-refractivity contribution in [2.75, 3.05) is 0 Å². The topological polar surface area (TPSA) is 23.8 Å². The van der Waals surface area contributed by atoms with Crippen LogP contribution >= 0.6 is 0 Å². The van der Waals surface area contributed by atoms with Crippen LogP contribution in [0.5, 0.6) is 0 Å². The third-order valence-corrected chi connectivity index (χ3v) is 0.760. The van der Waals surface area contributed by atoms with Crippen molar-refractivity contribution in [3.05, 3.63) is 11.6 Å². The molecule has 0 spiro atoms. The second-order valence-corrected chi connectivity index (χ2v) is 2.21. The van der Waals surface area contributed by atoms with Crippen LogP contribution in [0.2, 0.25) is 0 Å². The normalized spacial score (nSPS) is 11.6. The van der Waals surface area contributed by atoms with Gasteiger partial charge in [-0.3, -0.25) is 0 Å². The van der Waals surface area contributed by atoms with Gasteiger partial charge in [0.25, 0.3) is 0 Å². The number of nitrogens with zero attached hydrogens (tertiary/aromatic N) is 1. The predicted octanol–water partition coefficient (Wildman–Crippen LogP) is 2.11. The average Bonchev–Trinajstić information content (AvgIpc) is 1.65. The Labute approximate surface area is 50.6 Å². The van der Waals surface area contributed by atoms with Gasteiger partial charge in [0.1, 0.15) is 0 Å². The van der Waals surface area contributed by atoms with Crippen LogP contribution in [-0.4, -0.2) is 0 Å². The summed E-state index contributed by atoms with van der Waals surface area (Å²) in [5.41, 5.74) is 0.806. The first-order valence-corrected chi connectivity index (χ1v) is 2.75. The molecule has 0 aromatic carbocycles. The van der Waals surface area contributed by atoms with E-state index in [-0.39, 0.29) is 0 Å². The quantitative estimate of drug-likeness (QED) is 0.473. The van der Waals surface area contributed by atoms with Gasteiger partial charge in [-0.2, -0.15) is 5.26 Å². The highest BCUT2D eigenvalue weighted by Gasteiger charge is 1.86. The highest BCUT2D eigenvalue weighted by atomic mass is 14.2. The summed E-state index contributed by atoms with van der Waals surface area (Å²) in [5, 5.41) is 8.27. The van der Waals surface area contributed by atoms with Crippen LogP contribution in [0.3, 0.4) is 0 Å². The lowest BCUT2D eigenvalue weighted by Crippen LogP contribution is -1.79. The first kappa shape index (κ1) is 7.23. The van der Waals surface area contributed by atoms with Crippen molar-refractivity contribution < 1.29 is 0 Å². The van der Waals surface area contributed by atoms with E-state index in [2.05, 4.69) is 19.9 Å². The molecule has 0 radical (unpaired) electrons. The second kappa shape index (κ2) is 3.26. The largest absolute Gasteiger partial charge is 0.193 e.